The molecule has 0 radical (unpaired) electrons. The van der Waals surface area contributed by atoms with Crippen molar-refractivity contribution in [1.29, 1.82) is 0 Å². The van der Waals surface area contributed by atoms with Crippen molar-refractivity contribution in [3.63, 3.8) is 0 Å². The van der Waals surface area contributed by atoms with Crippen LogP contribution in [-0.2, 0) is 9.53 Å². The van der Waals surface area contributed by atoms with E-state index in [1.165, 1.54) is 18.1 Å². The number of carbonyl (C=O) groups is 2. The molecule has 0 aliphatic carbocycles. The molecule has 0 saturated carbocycles. The molecule has 1 aliphatic heterocycles. The number of benzene rings is 2. The zero-order valence-corrected chi connectivity index (χ0v) is 16.8. The summed E-state index contributed by atoms with van der Waals surface area (Å²) in [4.78, 5) is 26.7. The summed E-state index contributed by atoms with van der Waals surface area (Å²) in [5, 5.41) is 9.83. The highest BCUT2D eigenvalue weighted by Gasteiger charge is 2.35. The van der Waals surface area contributed by atoms with Crippen LogP contribution in [0.25, 0.3) is 6.08 Å². The van der Waals surface area contributed by atoms with Crippen LogP contribution < -0.4 is 9.64 Å². The number of anilines is 1. The number of hydrogen-bond donors (Lipinski definition) is 1. The summed E-state index contributed by atoms with van der Waals surface area (Å²) in [6.45, 7) is 2.22. The minimum absolute atomic E-state index is 0.0264. The molecule has 1 aliphatic rings. The summed E-state index contributed by atoms with van der Waals surface area (Å²) in [6, 6.07) is 11.5. The number of phenolic OH excluding ortho intramolecular Hbond substituents is 1. The summed E-state index contributed by atoms with van der Waals surface area (Å²) < 4.78 is 10.5. The van der Waals surface area contributed by atoms with E-state index in [0.29, 0.717) is 32.8 Å². The highest BCUT2D eigenvalue weighted by Crippen LogP contribution is 2.38. The average Bonchev–Trinajstić information content (AvgIpc) is 2.97. The minimum atomic E-state index is -0.548. The summed E-state index contributed by atoms with van der Waals surface area (Å²) >= 11 is 6.51. The Hall–Kier alpha value is -2.84. The van der Waals surface area contributed by atoms with Crippen molar-refractivity contribution < 1.29 is 24.2 Å². The van der Waals surface area contributed by atoms with E-state index >= 15 is 0 Å². The first-order valence-electron chi connectivity index (χ1n) is 8.37. The number of carbonyl (C=O) groups excluding carboxylic acids is 2. The van der Waals surface area contributed by atoms with Gasteiger partial charge in [-0.25, -0.2) is 4.79 Å². The first-order chi connectivity index (χ1) is 13.5. The van der Waals surface area contributed by atoms with E-state index < -0.39 is 5.97 Å². The summed E-state index contributed by atoms with van der Waals surface area (Å²) in [5.41, 5.74) is 1.31. The molecule has 1 saturated heterocycles. The summed E-state index contributed by atoms with van der Waals surface area (Å²) in [6.07, 6.45) is 1.67. The fourth-order valence-corrected chi connectivity index (χ4v) is 3.95. The van der Waals surface area contributed by atoms with Gasteiger partial charge in [-0.05, 0) is 42.8 Å². The Balaban J connectivity index is 1.96. The van der Waals surface area contributed by atoms with Crippen LogP contribution in [-0.4, -0.2) is 35.0 Å². The summed E-state index contributed by atoms with van der Waals surface area (Å²) in [5.74, 6) is -0.521. The molecule has 6 nitrogen and oxygen atoms in total. The molecule has 0 aromatic heterocycles. The topological polar surface area (TPSA) is 76.1 Å². The van der Waals surface area contributed by atoms with Crippen LogP contribution in [0.5, 0.6) is 11.5 Å². The van der Waals surface area contributed by atoms with Gasteiger partial charge in [0.25, 0.3) is 5.91 Å². The molecule has 1 fully saturated rings. The maximum atomic E-state index is 13.0. The second kappa shape index (κ2) is 8.45. The SMILES string of the molecule is CCOc1cc(/C=C2\SC(=S)N(c3ccccc3C(=O)OC)C2=O)ccc1O. The first kappa shape index (κ1) is 19.9. The van der Waals surface area contributed by atoms with Gasteiger partial charge < -0.3 is 14.6 Å². The van der Waals surface area contributed by atoms with E-state index in [4.69, 9.17) is 21.7 Å². The van der Waals surface area contributed by atoms with Gasteiger partial charge in [0.15, 0.2) is 15.8 Å². The Morgan fingerprint density at radius 1 is 1.29 bits per heavy atom. The second-order valence-electron chi connectivity index (χ2n) is 5.69. The number of para-hydroxylation sites is 1. The fourth-order valence-electron chi connectivity index (χ4n) is 2.67. The Morgan fingerprint density at radius 2 is 2.04 bits per heavy atom. The second-order valence-corrected chi connectivity index (χ2v) is 7.36. The maximum Gasteiger partial charge on any atom is 0.339 e. The van der Waals surface area contributed by atoms with Crippen molar-refractivity contribution in [1.82, 2.24) is 0 Å². The van der Waals surface area contributed by atoms with Crippen LogP contribution >= 0.6 is 24.0 Å². The molecule has 3 rings (SSSR count). The van der Waals surface area contributed by atoms with Crippen LogP contribution in [0.1, 0.15) is 22.8 Å². The molecular weight excluding hydrogens is 398 g/mol. The number of amides is 1. The number of phenols is 1. The van der Waals surface area contributed by atoms with E-state index in [1.54, 1.807) is 42.5 Å². The molecule has 0 spiro atoms. The number of esters is 1. The quantitative estimate of drug-likeness (QED) is 0.450. The standard InChI is InChI=1S/C20H17NO5S2/c1-3-26-16-10-12(8-9-15(16)22)11-17-18(23)21(20(27)28-17)14-7-5-4-6-13(14)19(24)25-2/h4-11,22H,3H2,1-2H3/b17-11-. The van der Waals surface area contributed by atoms with E-state index in [2.05, 4.69) is 0 Å². The van der Waals surface area contributed by atoms with E-state index in [-0.39, 0.29) is 17.2 Å². The molecule has 0 unspecified atom stereocenters. The Kier molecular flexibility index (Phi) is 6.01. The molecule has 1 N–H and O–H groups in total. The molecular formula is C20H17NO5S2. The number of rotatable bonds is 5. The predicted molar refractivity (Wildman–Crippen MR) is 113 cm³/mol. The number of ether oxygens (including phenoxy) is 2. The van der Waals surface area contributed by atoms with Crippen molar-refractivity contribution in [2.24, 2.45) is 0 Å². The number of thiocarbonyl (C=S) groups is 1. The monoisotopic (exact) mass is 415 g/mol. The van der Waals surface area contributed by atoms with Crippen molar-refractivity contribution in [3.8, 4) is 11.5 Å². The Bertz CT molecular complexity index is 986. The molecule has 1 heterocycles. The average molecular weight is 415 g/mol. The predicted octanol–water partition coefficient (Wildman–Crippen LogP) is 3.98. The van der Waals surface area contributed by atoms with Gasteiger partial charge in [-0.2, -0.15) is 0 Å². The third kappa shape index (κ3) is 3.88. The first-order valence-corrected chi connectivity index (χ1v) is 9.59. The van der Waals surface area contributed by atoms with Crippen LogP contribution in [0.4, 0.5) is 5.69 Å². The lowest BCUT2D eigenvalue weighted by Crippen LogP contribution is -2.29. The van der Waals surface area contributed by atoms with Gasteiger partial charge in [0, 0.05) is 0 Å². The van der Waals surface area contributed by atoms with E-state index in [9.17, 15) is 14.7 Å². The summed E-state index contributed by atoms with van der Waals surface area (Å²) in [7, 11) is 1.28. The smallest absolute Gasteiger partial charge is 0.339 e. The number of nitrogens with zero attached hydrogens (tertiary/aromatic N) is 1. The van der Waals surface area contributed by atoms with Crippen LogP contribution in [0.15, 0.2) is 47.4 Å². The van der Waals surface area contributed by atoms with Crippen molar-refractivity contribution in [3.05, 3.63) is 58.5 Å². The van der Waals surface area contributed by atoms with Crippen molar-refractivity contribution in [2.75, 3.05) is 18.6 Å². The van der Waals surface area contributed by atoms with Gasteiger partial charge in [0.2, 0.25) is 0 Å². The number of aromatic hydroxyl groups is 1. The lowest BCUT2D eigenvalue weighted by Gasteiger charge is -2.17. The van der Waals surface area contributed by atoms with E-state index in [1.807, 2.05) is 6.92 Å². The number of methoxy groups -OCH3 is 1. The number of thioether (sulfide) groups is 1. The van der Waals surface area contributed by atoms with Gasteiger partial charge >= 0.3 is 5.97 Å². The fraction of sp³-hybridized carbons (Fsp3) is 0.150. The largest absolute Gasteiger partial charge is 0.504 e. The highest BCUT2D eigenvalue weighted by atomic mass is 32.2. The number of hydrogen-bond acceptors (Lipinski definition) is 7. The lowest BCUT2D eigenvalue weighted by molar-refractivity contribution is -0.113. The highest BCUT2D eigenvalue weighted by molar-refractivity contribution is 8.27. The molecule has 8 heteroatoms. The third-order valence-electron chi connectivity index (χ3n) is 3.93. The Morgan fingerprint density at radius 3 is 2.75 bits per heavy atom. The van der Waals surface area contributed by atoms with Gasteiger partial charge in [-0.15, -0.1) is 0 Å². The molecule has 2 aromatic rings. The Labute approximate surface area is 171 Å². The van der Waals surface area contributed by atoms with Crippen LogP contribution in [0.2, 0.25) is 0 Å². The third-order valence-corrected chi connectivity index (χ3v) is 5.23. The maximum absolute atomic E-state index is 13.0. The van der Waals surface area contributed by atoms with E-state index in [0.717, 1.165) is 11.8 Å². The zero-order valence-electron chi connectivity index (χ0n) is 15.2. The molecule has 144 valence electrons. The van der Waals surface area contributed by atoms with Crippen LogP contribution in [0, 0.1) is 0 Å². The van der Waals surface area contributed by atoms with Gasteiger partial charge in [-0.1, -0.05) is 42.2 Å². The molecule has 28 heavy (non-hydrogen) atoms. The molecule has 0 bridgehead atoms. The zero-order chi connectivity index (χ0) is 20.3. The normalized spacial score (nSPS) is 15.2. The lowest BCUT2D eigenvalue weighted by atomic mass is 10.1. The minimum Gasteiger partial charge on any atom is -0.504 e. The van der Waals surface area contributed by atoms with Gasteiger partial charge in [0.05, 0.1) is 29.9 Å². The van der Waals surface area contributed by atoms with Gasteiger partial charge in [-0.3, -0.25) is 9.69 Å². The van der Waals surface area contributed by atoms with Crippen LogP contribution in [0.3, 0.4) is 0 Å². The molecule has 2 aromatic carbocycles. The van der Waals surface area contributed by atoms with Gasteiger partial charge in [0.1, 0.15) is 0 Å². The van der Waals surface area contributed by atoms with Crippen molar-refractivity contribution in [2.45, 2.75) is 6.92 Å². The molecule has 1 amide bonds. The molecule has 0 atom stereocenters. The van der Waals surface area contributed by atoms with Crippen molar-refractivity contribution >= 4 is 51.9 Å².